The lowest BCUT2D eigenvalue weighted by atomic mass is 9.71. The molecule has 11 heteroatoms. The summed E-state index contributed by atoms with van der Waals surface area (Å²) >= 11 is 1.32. The highest BCUT2D eigenvalue weighted by atomic mass is 32.1. The summed E-state index contributed by atoms with van der Waals surface area (Å²) in [5.41, 5.74) is 0.727. The highest BCUT2D eigenvalue weighted by Gasteiger charge is 2.52. The van der Waals surface area contributed by atoms with Crippen molar-refractivity contribution >= 4 is 28.1 Å². The van der Waals surface area contributed by atoms with Crippen molar-refractivity contribution in [1.29, 1.82) is 0 Å². The van der Waals surface area contributed by atoms with Gasteiger partial charge in [-0.2, -0.15) is 0 Å². The second kappa shape index (κ2) is 8.14. The van der Waals surface area contributed by atoms with Crippen LogP contribution in [0.4, 0.5) is 14.6 Å². The van der Waals surface area contributed by atoms with Gasteiger partial charge in [0.25, 0.3) is 0 Å². The smallest absolute Gasteiger partial charge is 0.356 e. The third kappa shape index (κ3) is 3.52. The van der Waals surface area contributed by atoms with E-state index in [-0.39, 0.29) is 25.1 Å². The van der Waals surface area contributed by atoms with E-state index in [1.54, 1.807) is 47.0 Å². The van der Waals surface area contributed by atoms with Gasteiger partial charge in [0.2, 0.25) is 0 Å². The van der Waals surface area contributed by atoms with Crippen molar-refractivity contribution in [3.8, 4) is 11.4 Å². The number of imidazole rings is 1. The van der Waals surface area contributed by atoms with Crippen molar-refractivity contribution in [2.24, 2.45) is 0 Å². The second-order valence-electron chi connectivity index (χ2n) is 7.83. The zero-order valence-corrected chi connectivity index (χ0v) is 18.7. The first kappa shape index (κ1) is 21.4. The number of halogens is 2. The molecule has 1 aliphatic rings. The summed E-state index contributed by atoms with van der Waals surface area (Å²) in [5, 5.41) is 10.3. The number of rotatable bonds is 6. The van der Waals surface area contributed by atoms with Gasteiger partial charge in [0.1, 0.15) is 34.8 Å². The Morgan fingerprint density at radius 3 is 2.79 bits per heavy atom. The van der Waals surface area contributed by atoms with E-state index in [0.29, 0.717) is 27.9 Å². The van der Waals surface area contributed by atoms with E-state index in [4.69, 9.17) is 4.74 Å². The third-order valence-electron chi connectivity index (χ3n) is 5.91. The number of esters is 1. The van der Waals surface area contributed by atoms with Gasteiger partial charge in [-0.15, -0.1) is 21.5 Å². The maximum Gasteiger partial charge on any atom is 0.356 e. The molecule has 0 saturated heterocycles. The Morgan fingerprint density at radius 2 is 2.12 bits per heavy atom. The van der Waals surface area contributed by atoms with Crippen LogP contribution in [0.15, 0.2) is 42.0 Å². The van der Waals surface area contributed by atoms with E-state index < -0.39 is 23.5 Å². The lowest BCUT2D eigenvalue weighted by Gasteiger charge is -2.50. The lowest BCUT2D eigenvalue weighted by Crippen LogP contribution is -2.56. The molecule has 170 valence electrons. The van der Waals surface area contributed by atoms with E-state index >= 15 is 0 Å². The number of ether oxygens (including phenoxy) is 1. The third-order valence-corrected chi connectivity index (χ3v) is 6.75. The normalized spacial score (nSPS) is 19.9. The van der Waals surface area contributed by atoms with Crippen LogP contribution in [0, 0.1) is 5.82 Å². The fourth-order valence-corrected chi connectivity index (χ4v) is 4.99. The van der Waals surface area contributed by atoms with Crippen LogP contribution in [-0.2, 0) is 10.3 Å². The Balaban J connectivity index is 1.44. The van der Waals surface area contributed by atoms with Crippen molar-refractivity contribution in [2.45, 2.75) is 31.5 Å². The number of pyridine rings is 1. The average molecular weight is 471 g/mol. The van der Waals surface area contributed by atoms with E-state index in [0.717, 1.165) is 0 Å². The van der Waals surface area contributed by atoms with Gasteiger partial charge >= 0.3 is 5.97 Å². The fourth-order valence-electron chi connectivity index (χ4n) is 4.15. The molecular formula is C22H20F2N6O2S. The number of hydrogen-bond donors (Lipinski definition) is 0. The Kier molecular flexibility index (Phi) is 5.28. The number of thiazole rings is 1. The van der Waals surface area contributed by atoms with Crippen molar-refractivity contribution in [3.05, 3.63) is 59.2 Å². The Morgan fingerprint density at radius 1 is 1.30 bits per heavy atom. The number of nitrogens with zero attached hydrogens (tertiary/aromatic N) is 6. The molecule has 0 spiro atoms. The summed E-state index contributed by atoms with van der Waals surface area (Å²) in [7, 11) is 1.74. The van der Waals surface area contributed by atoms with Crippen LogP contribution in [0.2, 0.25) is 0 Å². The molecule has 0 amide bonds. The Bertz CT molecular complexity index is 1320. The molecule has 4 aromatic heterocycles. The zero-order chi connectivity index (χ0) is 23.2. The molecule has 4 heterocycles. The van der Waals surface area contributed by atoms with E-state index in [2.05, 4.69) is 20.2 Å². The molecule has 1 aliphatic carbocycles. The standard InChI is InChI=1S/C22H20F2N6O2S/c1-3-32-20(31)17-12-33-21-26-16(11-30(17)21)15-6-7-18(28-27-15)29(2)22(9-13(23)10-22)19-14(24)5-4-8-25-19/h4-8,11-13H,3,9-10H2,1-2H3/t13-,22-. The van der Waals surface area contributed by atoms with Gasteiger partial charge in [-0.05, 0) is 31.2 Å². The van der Waals surface area contributed by atoms with Crippen LogP contribution >= 0.6 is 11.3 Å². The summed E-state index contributed by atoms with van der Waals surface area (Å²) in [5.74, 6) is -0.435. The summed E-state index contributed by atoms with van der Waals surface area (Å²) < 4.78 is 35.2. The first-order valence-electron chi connectivity index (χ1n) is 10.4. The van der Waals surface area contributed by atoms with Gasteiger partial charge in [0.05, 0.1) is 12.1 Å². The topological polar surface area (TPSA) is 85.5 Å². The van der Waals surface area contributed by atoms with E-state index in [1.807, 2.05) is 0 Å². The van der Waals surface area contributed by atoms with Crippen LogP contribution in [-0.4, -0.2) is 50.4 Å². The predicted molar refractivity (Wildman–Crippen MR) is 118 cm³/mol. The molecule has 0 aliphatic heterocycles. The number of carbonyl (C=O) groups is 1. The molecule has 1 fully saturated rings. The van der Waals surface area contributed by atoms with Gasteiger partial charge in [0, 0.05) is 37.7 Å². The molecule has 0 radical (unpaired) electrons. The van der Waals surface area contributed by atoms with E-state index in [1.165, 1.54) is 29.7 Å². The first-order chi connectivity index (χ1) is 15.9. The van der Waals surface area contributed by atoms with Crippen molar-refractivity contribution in [3.63, 3.8) is 0 Å². The van der Waals surface area contributed by atoms with Crippen LogP contribution in [0.5, 0.6) is 0 Å². The van der Waals surface area contributed by atoms with Crippen LogP contribution in [0.1, 0.15) is 35.9 Å². The van der Waals surface area contributed by atoms with Gasteiger partial charge in [-0.1, -0.05) is 0 Å². The minimum atomic E-state index is -1.03. The number of aromatic nitrogens is 5. The highest BCUT2D eigenvalue weighted by molar-refractivity contribution is 7.15. The predicted octanol–water partition coefficient (Wildman–Crippen LogP) is 4.03. The molecule has 0 aromatic carbocycles. The molecular weight excluding hydrogens is 450 g/mol. The van der Waals surface area contributed by atoms with Crippen LogP contribution in [0.3, 0.4) is 0 Å². The molecule has 0 atom stereocenters. The number of anilines is 1. The molecule has 0 unspecified atom stereocenters. The Labute approximate surface area is 191 Å². The molecule has 8 nitrogen and oxygen atoms in total. The molecule has 1 saturated carbocycles. The van der Waals surface area contributed by atoms with Gasteiger partial charge < -0.3 is 9.64 Å². The van der Waals surface area contributed by atoms with E-state index in [9.17, 15) is 13.6 Å². The second-order valence-corrected chi connectivity index (χ2v) is 8.66. The molecule has 5 rings (SSSR count). The fraction of sp³-hybridized carbons (Fsp3) is 0.318. The van der Waals surface area contributed by atoms with Gasteiger partial charge in [-0.3, -0.25) is 9.38 Å². The number of carbonyl (C=O) groups excluding carboxylic acids is 1. The van der Waals surface area contributed by atoms with Crippen molar-refractivity contribution in [1.82, 2.24) is 24.6 Å². The number of hydrogen-bond acceptors (Lipinski definition) is 8. The first-order valence-corrected chi connectivity index (χ1v) is 11.3. The molecule has 33 heavy (non-hydrogen) atoms. The SMILES string of the molecule is CCOC(=O)c1csc2nc(-c3ccc(N(C)[C@]4(c5ncccc5F)C[C@@H](F)C4)nn3)cn12. The summed E-state index contributed by atoms with van der Waals surface area (Å²) in [6, 6.07) is 6.31. The largest absolute Gasteiger partial charge is 0.461 e. The summed E-state index contributed by atoms with van der Waals surface area (Å²) in [4.78, 5) is 23.2. The van der Waals surface area contributed by atoms with Crippen LogP contribution < -0.4 is 4.90 Å². The number of alkyl halides is 1. The minimum absolute atomic E-state index is 0.120. The lowest BCUT2D eigenvalue weighted by molar-refractivity contribution is 0.0518. The average Bonchev–Trinajstić information content (AvgIpc) is 3.38. The molecule has 4 aromatic rings. The van der Waals surface area contributed by atoms with Crippen molar-refractivity contribution < 1.29 is 18.3 Å². The minimum Gasteiger partial charge on any atom is -0.461 e. The monoisotopic (exact) mass is 470 g/mol. The zero-order valence-electron chi connectivity index (χ0n) is 17.9. The number of fused-ring (bicyclic) bond motifs is 1. The summed E-state index contributed by atoms with van der Waals surface area (Å²) in [6.07, 6.45) is 2.41. The summed E-state index contributed by atoms with van der Waals surface area (Å²) in [6.45, 7) is 2.03. The molecule has 0 bridgehead atoms. The quantitative estimate of drug-likeness (QED) is 0.393. The maximum atomic E-state index is 14.5. The molecule has 0 N–H and O–H groups in total. The Hall–Kier alpha value is -3.47. The van der Waals surface area contributed by atoms with Gasteiger partial charge in [0.15, 0.2) is 10.8 Å². The van der Waals surface area contributed by atoms with Crippen molar-refractivity contribution in [2.75, 3.05) is 18.6 Å². The van der Waals surface area contributed by atoms with Gasteiger partial charge in [-0.25, -0.2) is 18.6 Å². The highest BCUT2D eigenvalue weighted by Crippen LogP contribution is 2.48. The van der Waals surface area contributed by atoms with Crippen LogP contribution in [0.25, 0.3) is 16.3 Å². The maximum absolute atomic E-state index is 14.5.